The van der Waals surface area contributed by atoms with E-state index in [9.17, 15) is 0 Å². The minimum absolute atomic E-state index is 0.0294. The summed E-state index contributed by atoms with van der Waals surface area (Å²) in [5.74, 6) is -0.152. The van der Waals surface area contributed by atoms with Crippen molar-refractivity contribution in [2.75, 3.05) is 0 Å². The number of nitrogens with one attached hydrogen (secondary N) is 1. The molecule has 0 atom stereocenters. The minimum Gasteiger partial charge on any atom is -0.384 e. The smallest absolute Gasteiger partial charge is 0.211 e. The van der Waals surface area contributed by atoms with Crippen LogP contribution in [0, 0.1) is 5.41 Å². The zero-order chi connectivity index (χ0) is 12.1. The zero-order valence-electron chi connectivity index (χ0n) is 8.81. The van der Waals surface area contributed by atoms with Gasteiger partial charge in [-0.05, 0) is 19.1 Å². The van der Waals surface area contributed by atoms with Gasteiger partial charge in [0.2, 0.25) is 5.96 Å². The molecule has 0 aliphatic carbocycles. The van der Waals surface area contributed by atoms with Crippen molar-refractivity contribution < 1.29 is 0 Å². The maximum Gasteiger partial charge on any atom is 0.211 e. The third-order valence-electron chi connectivity index (χ3n) is 1.76. The monoisotopic (exact) mass is 219 g/mol. The fourth-order valence-corrected chi connectivity index (χ4v) is 0.980. The summed E-state index contributed by atoms with van der Waals surface area (Å²) in [5, 5.41) is 14.6. The summed E-state index contributed by atoms with van der Waals surface area (Å²) in [5.41, 5.74) is 17.3. The fraction of sp³-hybridized carbons (Fsp3) is 0.111. The highest BCUT2D eigenvalue weighted by molar-refractivity contribution is 6.01. The van der Waals surface area contributed by atoms with Gasteiger partial charge in [-0.3, -0.25) is 10.4 Å². The number of pyridine rings is 1. The quantitative estimate of drug-likeness (QED) is 0.305. The Balaban J connectivity index is 3.05. The molecule has 0 bridgehead atoms. The Labute approximate surface area is 92.6 Å². The highest BCUT2D eigenvalue weighted by Gasteiger charge is 2.02. The number of rotatable bonds is 3. The second-order valence-corrected chi connectivity index (χ2v) is 3.05. The molecule has 0 saturated heterocycles. The van der Waals surface area contributed by atoms with Crippen LogP contribution in [0.25, 0.3) is 0 Å². The molecule has 1 heterocycles. The van der Waals surface area contributed by atoms with Crippen LogP contribution in [0.1, 0.15) is 18.2 Å². The van der Waals surface area contributed by atoms with Gasteiger partial charge in [0, 0.05) is 11.8 Å². The molecule has 16 heavy (non-hydrogen) atoms. The van der Waals surface area contributed by atoms with Crippen molar-refractivity contribution in [1.82, 2.24) is 4.98 Å². The van der Waals surface area contributed by atoms with E-state index in [1.165, 1.54) is 0 Å². The summed E-state index contributed by atoms with van der Waals surface area (Å²) in [7, 11) is 0. The molecule has 0 unspecified atom stereocenters. The SMILES string of the molecule is C/C(=N\N=C(N)N)c1cc(C(=N)N)ccn1. The number of guanidine groups is 1. The summed E-state index contributed by atoms with van der Waals surface area (Å²) in [6.07, 6.45) is 1.54. The lowest BCUT2D eigenvalue weighted by molar-refractivity contribution is 1.17. The van der Waals surface area contributed by atoms with Gasteiger partial charge >= 0.3 is 0 Å². The number of aromatic nitrogens is 1. The van der Waals surface area contributed by atoms with Gasteiger partial charge in [0.05, 0.1) is 11.4 Å². The van der Waals surface area contributed by atoms with Gasteiger partial charge in [-0.15, -0.1) is 5.10 Å². The van der Waals surface area contributed by atoms with Gasteiger partial charge in [-0.25, -0.2) is 0 Å². The van der Waals surface area contributed by atoms with Crippen molar-refractivity contribution in [1.29, 1.82) is 5.41 Å². The largest absolute Gasteiger partial charge is 0.384 e. The van der Waals surface area contributed by atoms with Crippen molar-refractivity contribution in [3.63, 3.8) is 0 Å². The van der Waals surface area contributed by atoms with E-state index in [2.05, 4.69) is 15.2 Å². The van der Waals surface area contributed by atoms with Gasteiger partial charge < -0.3 is 17.2 Å². The number of amidine groups is 1. The Morgan fingerprint density at radius 1 is 1.31 bits per heavy atom. The third kappa shape index (κ3) is 3.05. The highest BCUT2D eigenvalue weighted by atomic mass is 15.3. The molecular formula is C9H13N7. The molecule has 1 aromatic heterocycles. The van der Waals surface area contributed by atoms with Gasteiger partial charge in [0.15, 0.2) is 0 Å². The Morgan fingerprint density at radius 2 is 2.00 bits per heavy atom. The molecule has 1 aromatic rings. The van der Waals surface area contributed by atoms with Crippen LogP contribution in [0.3, 0.4) is 0 Å². The van der Waals surface area contributed by atoms with Gasteiger partial charge in [0.25, 0.3) is 0 Å². The molecule has 7 nitrogen and oxygen atoms in total. The number of hydrogen-bond acceptors (Lipinski definition) is 4. The number of nitrogens with zero attached hydrogens (tertiary/aromatic N) is 3. The van der Waals surface area contributed by atoms with Crippen LogP contribution in [-0.2, 0) is 0 Å². The Bertz CT molecular complexity index is 457. The van der Waals surface area contributed by atoms with Crippen molar-refractivity contribution in [3.05, 3.63) is 29.6 Å². The number of nitrogens with two attached hydrogens (primary N) is 3. The Morgan fingerprint density at radius 3 is 2.56 bits per heavy atom. The first kappa shape index (κ1) is 11.6. The molecule has 0 aromatic carbocycles. The molecule has 0 aliphatic heterocycles. The summed E-state index contributed by atoms with van der Waals surface area (Å²) in [4.78, 5) is 4.07. The van der Waals surface area contributed by atoms with E-state index in [1.807, 2.05) is 0 Å². The molecule has 0 amide bonds. The first-order valence-electron chi connectivity index (χ1n) is 4.44. The lowest BCUT2D eigenvalue weighted by atomic mass is 10.2. The second kappa shape index (κ2) is 4.87. The van der Waals surface area contributed by atoms with E-state index < -0.39 is 0 Å². The number of hydrogen-bond donors (Lipinski definition) is 4. The molecule has 0 radical (unpaired) electrons. The van der Waals surface area contributed by atoms with E-state index in [4.69, 9.17) is 22.6 Å². The first-order valence-corrected chi connectivity index (χ1v) is 4.44. The van der Waals surface area contributed by atoms with E-state index in [-0.39, 0.29) is 11.8 Å². The lowest BCUT2D eigenvalue weighted by Gasteiger charge is -2.01. The van der Waals surface area contributed by atoms with E-state index in [1.54, 1.807) is 25.3 Å². The normalized spacial score (nSPS) is 10.9. The van der Waals surface area contributed by atoms with Crippen LogP contribution in [0.5, 0.6) is 0 Å². The zero-order valence-corrected chi connectivity index (χ0v) is 8.81. The molecule has 7 N–H and O–H groups in total. The van der Waals surface area contributed by atoms with Crippen LogP contribution in [0.4, 0.5) is 0 Å². The van der Waals surface area contributed by atoms with Crippen LogP contribution in [0.2, 0.25) is 0 Å². The Hall–Kier alpha value is -2.44. The summed E-state index contributed by atoms with van der Waals surface area (Å²) < 4.78 is 0. The molecule has 0 saturated carbocycles. The predicted molar refractivity (Wildman–Crippen MR) is 63.3 cm³/mol. The molecule has 1 rings (SSSR count). The topological polar surface area (TPSA) is 140 Å². The minimum atomic E-state index is -0.123. The summed E-state index contributed by atoms with van der Waals surface area (Å²) in [6.45, 7) is 1.71. The third-order valence-corrected chi connectivity index (χ3v) is 1.76. The second-order valence-electron chi connectivity index (χ2n) is 3.05. The predicted octanol–water partition coefficient (Wildman–Crippen LogP) is -0.637. The van der Waals surface area contributed by atoms with Crippen molar-refractivity contribution in [2.24, 2.45) is 27.4 Å². The van der Waals surface area contributed by atoms with Gasteiger partial charge in [-0.1, -0.05) is 0 Å². The molecule has 7 heteroatoms. The summed E-state index contributed by atoms with van der Waals surface area (Å²) in [6, 6.07) is 3.28. The maximum atomic E-state index is 7.29. The van der Waals surface area contributed by atoms with E-state index >= 15 is 0 Å². The molecular weight excluding hydrogens is 206 g/mol. The average molecular weight is 219 g/mol. The Kier molecular flexibility index (Phi) is 3.54. The van der Waals surface area contributed by atoms with Crippen molar-refractivity contribution in [2.45, 2.75) is 6.92 Å². The van der Waals surface area contributed by atoms with E-state index in [0.717, 1.165) is 0 Å². The van der Waals surface area contributed by atoms with Gasteiger partial charge in [0.1, 0.15) is 5.84 Å². The molecule has 0 spiro atoms. The van der Waals surface area contributed by atoms with Crippen LogP contribution in [0.15, 0.2) is 28.5 Å². The van der Waals surface area contributed by atoms with Gasteiger partial charge in [-0.2, -0.15) is 5.10 Å². The molecule has 84 valence electrons. The fourth-order valence-electron chi connectivity index (χ4n) is 0.980. The average Bonchev–Trinajstić information content (AvgIpc) is 2.26. The van der Waals surface area contributed by atoms with Crippen LogP contribution in [-0.4, -0.2) is 22.5 Å². The standard InChI is InChI=1S/C9H13N7/c1-5(15-16-9(12)13)7-4-6(8(10)11)2-3-14-7/h2-4H,1H3,(H3,10,11)(H4,12,13,16)/b15-5+. The highest BCUT2D eigenvalue weighted by Crippen LogP contribution is 2.02. The van der Waals surface area contributed by atoms with E-state index in [0.29, 0.717) is 17.0 Å². The number of nitrogen functional groups attached to an aromatic ring is 1. The first-order chi connectivity index (χ1) is 7.50. The maximum absolute atomic E-state index is 7.29. The van der Waals surface area contributed by atoms with Crippen molar-refractivity contribution >= 4 is 17.5 Å². The lowest BCUT2D eigenvalue weighted by Crippen LogP contribution is -2.22. The van der Waals surface area contributed by atoms with Crippen LogP contribution < -0.4 is 17.2 Å². The molecule has 0 aliphatic rings. The molecule has 0 fully saturated rings. The summed E-state index contributed by atoms with van der Waals surface area (Å²) >= 11 is 0. The van der Waals surface area contributed by atoms with Crippen LogP contribution >= 0.6 is 0 Å². The van der Waals surface area contributed by atoms with Crippen molar-refractivity contribution in [3.8, 4) is 0 Å².